The fourth-order valence-electron chi connectivity index (χ4n) is 2.26. The van der Waals surface area contributed by atoms with Crippen LogP contribution in [0.3, 0.4) is 0 Å². The first-order valence-corrected chi connectivity index (χ1v) is 7.81. The van der Waals surface area contributed by atoms with Crippen molar-refractivity contribution in [2.24, 2.45) is 11.7 Å². The Kier molecular flexibility index (Phi) is 5.06. The Hall–Kier alpha value is -0.0900. The molecule has 2 unspecified atom stereocenters. The number of rotatable bonds is 4. The Morgan fingerprint density at radius 3 is 2.60 bits per heavy atom. The highest BCUT2D eigenvalue weighted by molar-refractivity contribution is 7.91. The number of sulfone groups is 1. The van der Waals surface area contributed by atoms with Crippen LogP contribution in [0.15, 0.2) is 0 Å². The third-order valence-corrected chi connectivity index (χ3v) is 5.09. The summed E-state index contributed by atoms with van der Waals surface area (Å²) in [6.07, 6.45) is 6.51. The third kappa shape index (κ3) is 4.98. The van der Waals surface area contributed by atoms with Crippen molar-refractivity contribution >= 4 is 9.84 Å². The lowest BCUT2D eigenvalue weighted by Crippen LogP contribution is -2.23. The van der Waals surface area contributed by atoms with Gasteiger partial charge in [-0.2, -0.15) is 0 Å². The lowest BCUT2D eigenvalue weighted by Gasteiger charge is -2.16. The molecule has 0 aromatic heterocycles. The molecule has 2 atom stereocenters. The first kappa shape index (κ1) is 13.0. The van der Waals surface area contributed by atoms with Crippen molar-refractivity contribution in [3.63, 3.8) is 0 Å². The highest BCUT2D eigenvalue weighted by atomic mass is 32.2. The van der Waals surface area contributed by atoms with Crippen molar-refractivity contribution < 1.29 is 8.42 Å². The molecule has 4 heteroatoms. The van der Waals surface area contributed by atoms with Gasteiger partial charge in [0.1, 0.15) is 9.84 Å². The first-order valence-electron chi connectivity index (χ1n) is 5.99. The lowest BCUT2D eigenvalue weighted by molar-refractivity contribution is 0.420. The molecule has 1 aliphatic carbocycles. The summed E-state index contributed by atoms with van der Waals surface area (Å²) >= 11 is 0. The van der Waals surface area contributed by atoms with Crippen molar-refractivity contribution in [3.8, 4) is 0 Å². The van der Waals surface area contributed by atoms with E-state index in [9.17, 15) is 8.42 Å². The van der Waals surface area contributed by atoms with Gasteiger partial charge in [0.2, 0.25) is 0 Å². The average molecular weight is 233 g/mol. The van der Waals surface area contributed by atoms with E-state index in [0.717, 1.165) is 25.7 Å². The Morgan fingerprint density at radius 2 is 1.93 bits per heavy atom. The molecule has 1 aliphatic rings. The molecule has 0 radical (unpaired) electrons. The monoisotopic (exact) mass is 233 g/mol. The predicted octanol–water partition coefficient (Wildman–Crippen LogP) is 1.72. The summed E-state index contributed by atoms with van der Waals surface area (Å²) < 4.78 is 22.8. The van der Waals surface area contributed by atoms with E-state index >= 15 is 0 Å². The van der Waals surface area contributed by atoms with Crippen LogP contribution in [0.4, 0.5) is 0 Å². The summed E-state index contributed by atoms with van der Waals surface area (Å²) in [4.78, 5) is 0. The van der Waals surface area contributed by atoms with E-state index in [1.165, 1.54) is 12.8 Å². The van der Waals surface area contributed by atoms with E-state index in [0.29, 0.717) is 17.7 Å². The van der Waals surface area contributed by atoms with Crippen LogP contribution in [-0.2, 0) is 9.84 Å². The minimum atomic E-state index is -2.79. The molecule has 0 aromatic carbocycles. The second kappa shape index (κ2) is 5.85. The first-order chi connectivity index (χ1) is 7.03. The molecule has 1 fully saturated rings. The van der Waals surface area contributed by atoms with Gasteiger partial charge in [-0.15, -0.1) is 0 Å². The van der Waals surface area contributed by atoms with Gasteiger partial charge >= 0.3 is 0 Å². The minimum absolute atomic E-state index is 0.270. The van der Waals surface area contributed by atoms with Gasteiger partial charge in [-0.3, -0.25) is 0 Å². The second-order valence-corrected chi connectivity index (χ2v) is 7.14. The summed E-state index contributed by atoms with van der Waals surface area (Å²) in [6.45, 7) is 1.72. The second-order valence-electron chi connectivity index (χ2n) is 4.67. The van der Waals surface area contributed by atoms with Gasteiger partial charge < -0.3 is 5.73 Å². The van der Waals surface area contributed by atoms with Gasteiger partial charge in [0.05, 0.1) is 5.75 Å². The predicted molar refractivity (Wildman–Crippen MR) is 63.5 cm³/mol. The molecule has 0 saturated heterocycles. The molecule has 0 heterocycles. The number of hydrogen-bond acceptors (Lipinski definition) is 3. The average Bonchev–Trinajstić information content (AvgIpc) is 2.40. The number of hydrogen-bond donors (Lipinski definition) is 1. The van der Waals surface area contributed by atoms with Gasteiger partial charge in [0.15, 0.2) is 0 Å². The molecule has 0 aliphatic heterocycles. The van der Waals surface area contributed by atoms with Crippen molar-refractivity contribution in [3.05, 3.63) is 0 Å². The number of nitrogens with two attached hydrogens (primary N) is 1. The molecule has 0 spiro atoms. The molecule has 2 N–H and O–H groups in total. The van der Waals surface area contributed by atoms with Gasteiger partial charge in [-0.1, -0.05) is 26.2 Å². The summed E-state index contributed by atoms with van der Waals surface area (Å²) in [5, 5.41) is 0. The van der Waals surface area contributed by atoms with Crippen LogP contribution in [0, 0.1) is 5.92 Å². The van der Waals surface area contributed by atoms with E-state index in [4.69, 9.17) is 5.73 Å². The summed E-state index contributed by atoms with van der Waals surface area (Å²) in [5.41, 5.74) is 5.95. The molecular weight excluding hydrogens is 210 g/mol. The zero-order valence-corrected chi connectivity index (χ0v) is 10.4. The van der Waals surface area contributed by atoms with Crippen LogP contribution < -0.4 is 5.73 Å². The highest BCUT2D eigenvalue weighted by Gasteiger charge is 2.19. The maximum atomic E-state index is 11.4. The largest absolute Gasteiger partial charge is 0.328 e. The Balaban J connectivity index is 2.37. The van der Waals surface area contributed by atoms with Crippen LogP contribution in [-0.4, -0.2) is 26.0 Å². The van der Waals surface area contributed by atoms with E-state index in [1.807, 2.05) is 0 Å². The normalized spacial score (nSPS) is 28.7. The molecule has 1 saturated carbocycles. The van der Waals surface area contributed by atoms with Crippen molar-refractivity contribution in [1.29, 1.82) is 0 Å². The third-order valence-electron chi connectivity index (χ3n) is 3.35. The maximum Gasteiger partial charge on any atom is 0.150 e. The lowest BCUT2D eigenvalue weighted by atomic mass is 9.96. The van der Waals surface area contributed by atoms with E-state index in [1.54, 1.807) is 6.92 Å². The zero-order chi connectivity index (χ0) is 11.3. The molecule has 0 amide bonds. The molecule has 0 bridgehead atoms. The van der Waals surface area contributed by atoms with Crippen LogP contribution >= 0.6 is 0 Å². The van der Waals surface area contributed by atoms with Crippen LogP contribution in [0.1, 0.15) is 45.4 Å². The topological polar surface area (TPSA) is 60.2 Å². The SMILES string of the molecule is CCS(=O)(=O)CCC1CCCCC(N)C1. The van der Waals surface area contributed by atoms with Crippen molar-refractivity contribution in [2.45, 2.75) is 51.5 Å². The van der Waals surface area contributed by atoms with E-state index in [-0.39, 0.29) is 5.75 Å². The Morgan fingerprint density at radius 1 is 1.27 bits per heavy atom. The van der Waals surface area contributed by atoms with Crippen LogP contribution in [0.25, 0.3) is 0 Å². The summed E-state index contributed by atoms with van der Waals surface area (Å²) in [5.74, 6) is 1.15. The quantitative estimate of drug-likeness (QED) is 0.752. The fourth-order valence-corrected chi connectivity index (χ4v) is 3.24. The fraction of sp³-hybridized carbons (Fsp3) is 1.00. The smallest absolute Gasteiger partial charge is 0.150 e. The Bertz CT molecular complexity index is 274. The van der Waals surface area contributed by atoms with Crippen LogP contribution in [0.5, 0.6) is 0 Å². The van der Waals surface area contributed by atoms with Gasteiger partial charge in [-0.25, -0.2) is 8.42 Å². The molecule has 15 heavy (non-hydrogen) atoms. The minimum Gasteiger partial charge on any atom is -0.328 e. The zero-order valence-electron chi connectivity index (χ0n) is 9.61. The highest BCUT2D eigenvalue weighted by Crippen LogP contribution is 2.25. The summed E-state index contributed by atoms with van der Waals surface area (Å²) in [7, 11) is -2.79. The summed E-state index contributed by atoms with van der Waals surface area (Å²) in [6, 6.07) is 0.293. The van der Waals surface area contributed by atoms with Crippen LogP contribution in [0.2, 0.25) is 0 Å². The van der Waals surface area contributed by atoms with E-state index < -0.39 is 9.84 Å². The van der Waals surface area contributed by atoms with Crippen molar-refractivity contribution in [1.82, 2.24) is 0 Å². The van der Waals surface area contributed by atoms with Gasteiger partial charge in [0.25, 0.3) is 0 Å². The molecule has 3 nitrogen and oxygen atoms in total. The molecule has 0 aromatic rings. The Labute approximate surface area is 93.3 Å². The maximum absolute atomic E-state index is 11.4. The molecular formula is C11H23NO2S. The van der Waals surface area contributed by atoms with Gasteiger partial charge in [0, 0.05) is 11.8 Å². The van der Waals surface area contributed by atoms with Gasteiger partial charge in [-0.05, 0) is 25.2 Å². The van der Waals surface area contributed by atoms with Crippen molar-refractivity contribution in [2.75, 3.05) is 11.5 Å². The molecule has 1 rings (SSSR count). The molecule has 90 valence electrons. The standard InChI is InChI=1S/C11H23NO2S/c1-2-15(13,14)8-7-10-5-3-4-6-11(12)9-10/h10-11H,2-9,12H2,1H3. The van der Waals surface area contributed by atoms with E-state index in [2.05, 4.69) is 0 Å².